The number of halogens is 2. The molecule has 1 aliphatic rings. The largest absolute Gasteiger partial charge is 0.474 e. The molecular formula is C23H23F2N5O5. The summed E-state index contributed by atoms with van der Waals surface area (Å²) in [5.74, 6) is -2.49. The van der Waals surface area contributed by atoms with Gasteiger partial charge >= 0.3 is 23.8 Å². The molecule has 2 aromatic heterocycles. The maximum atomic E-state index is 13.3. The van der Waals surface area contributed by atoms with Crippen molar-refractivity contribution >= 4 is 29.3 Å². The van der Waals surface area contributed by atoms with Crippen LogP contribution in [-0.4, -0.2) is 40.3 Å². The molecule has 0 saturated heterocycles. The van der Waals surface area contributed by atoms with Gasteiger partial charge in [0.25, 0.3) is 0 Å². The lowest BCUT2D eigenvalue weighted by Gasteiger charge is -2.28. The zero-order valence-electron chi connectivity index (χ0n) is 18.8. The number of methoxy groups -OCH3 is 1. The summed E-state index contributed by atoms with van der Waals surface area (Å²) in [6.07, 6.45) is 5.27. The molecule has 2 heterocycles. The molecule has 0 radical (unpaired) electrons. The van der Waals surface area contributed by atoms with Crippen molar-refractivity contribution in [3.8, 4) is 5.88 Å². The molecule has 10 nitrogen and oxygen atoms in total. The number of rotatable bonds is 8. The molecule has 2 N–H and O–H groups in total. The molecule has 35 heavy (non-hydrogen) atoms. The standard InChI is InChI=1S/C23H23F2N5O5/c1-33-20(31)10-13-2-6-16(7-3-13)34-19-9-5-15(12-26-19)27-21(32)22-29-30-23(35-22)28-14-4-8-17(24)18(25)11-14/h4-5,8-9,11-13,16H,2-3,6-7,10H2,1H3,(H,27,32)(H,28,30). The monoisotopic (exact) mass is 487 g/mol. The Kier molecular flexibility index (Phi) is 7.48. The highest BCUT2D eigenvalue weighted by Gasteiger charge is 2.25. The molecule has 0 atom stereocenters. The van der Waals surface area contributed by atoms with Crippen molar-refractivity contribution in [2.24, 2.45) is 5.92 Å². The highest BCUT2D eigenvalue weighted by atomic mass is 19.2. The van der Waals surface area contributed by atoms with E-state index in [0.717, 1.165) is 37.8 Å². The number of hydrogen-bond acceptors (Lipinski definition) is 9. The fraction of sp³-hybridized carbons (Fsp3) is 0.348. The predicted molar refractivity (Wildman–Crippen MR) is 119 cm³/mol. The fourth-order valence-electron chi connectivity index (χ4n) is 3.72. The highest BCUT2D eigenvalue weighted by molar-refractivity contribution is 6.00. The minimum atomic E-state index is -1.04. The molecule has 3 aromatic rings. The second kappa shape index (κ2) is 10.9. The third kappa shape index (κ3) is 6.49. The number of aromatic nitrogens is 3. The summed E-state index contributed by atoms with van der Waals surface area (Å²) < 4.78 is 42.2. The average Bonchev–Trinajstić information content (AvgIpc) is 3.32. The van der Waals surface area contributed by atoms with Crippen molar-refractivity contribution in [3.05, 3.63) is 54.1 Å². The van der Waals surface area contributed by atoms with Gasteiger partial charge in [0, 0.05) is 24.2 Å². The van der Waals surface area contributed by atoms with Crippen LogP contribution in [0.3, 0.4) is 0 Å². The Morgan fingerprint density at radius 2 is 1.83 bits per heavy atom. The average molecular weight is 487 g/mol. The quantitative estimate of drug-likeness (QED) is 0.448. The van der Waals surface area contributed by atoms with Crippen LogP contribution in [0, 0.1) is 17.6 Å². The maximum absolute atomic E-state index is 13.3. The van der Waals surface area contributed by atoms with Crippen molar-refractivity contribution in [3.63, 3.8) is 0 Å². The summed E-state index contributed by atoms with van der Waals surface area (Å²) in [7, 11) is 1.39. The number of carbonyl (C=O) groups excluding carboxylic acids is 2. The first kappa shape index (κ1) is 24.0. The van der Waals surface area contributed by atoms with E-state index in [1.54, 1.807) is 12.1 Å². The van der Waals surface area contributed by atoms with Crippen LogP contribution in [0.2, 0.25) is 0 Å². The Balaban J connectivity index is 1.26. The van der Waals surface area contributed by atoms with Gasteiger partial charge in [-0.05, 0) is 49.8 Å². The molecule has 0 unspecified atom stereocenters. The first-order valence-corrected chi connectivity index (χ1v) is 11.0. The summed E-state index contributed by atoms with van der Waals surface area (Å²) >= 11 is 0. The molecule has 184 valence electrons. The summed E-state index contributed by atoms with van der Waals surface area (Å²) in [6, 6.07) is 6.25. The third-order valence-corrected chi connectivity index (χ3v) is 5.55. The zero-order valence-corrected chi connectivity index (χ0v) is 18.8. The lowest BCUT2D eigenvalue weighted by atomic mass is 9.85. The van der Waals surface area contributed by atoms with Gasteiger partial charge in [-0.2, -0.15) is 0 Å². The number of nitrogens with zero attached hydrogens (tertiary/aromatic N) is 3. The second-order valence-electron chi connectivity index (χ2n) is 8.05. The van der Waals surface area contributed by atoms with Crippen LogP contribution >= 0.6 is 0 Å². The normalized spacial score (nSPS) is 17.5. The van der Waals surface area contributed by atoms with Crippen LogP contribution in [0.5, 0.6) is 5.88 Å². The summed E-state index contributed by atoms with van der Waals surface area (Å²) in [4.78, 5) is 28.0. The Morgan fingerprint density at radius 1 is 1.06 bits per heavy atom. The number of carbonyl (C=O) groups is 2. The van der Waals surface area contributed by atoms with Crippen molar-refractivity contribution < 1.29 is 32.3 Å². The molecule has 1 amide bonds. The number of nitrogens with one attached hydrogen (secondary N) is 2. The predicted octanol–water partition coefficient (Wildman–Crippen LogP) is 4.24. The number of hydrogen-bond donors (Lipinski definition) is 2. The fourth-order valence-corrected chi connectivity index (χ4v) is 3.72. The summed E-state index contributed by atoms with van der Waals surface area (Å²) in [6.45, 7) is 0. The zero-order chi connectivity index (χ0) is 24.8. The third-order valence-electron chi connectivity index (χ3n) is 5.55. The number of esters is 1. The SMILES string of the molecule is COC(=O)CC1CCC(Oc2ccc(NC(=O)c3nnc(Nc4ccc(F)c(F)c4)o3)cn2)CC1. The minimum absolute atomic E-state index is 0.00994. The number of benzene rings is 1. The molecule has 0 aliphatic heterocycles. The van der Waals surface area contributed by atoms with Gasteiger partial charge in [-0.15, -0.1) is 5.10 Å². The maximum Gasteiger partial charge on any atom is 0.320 e. The van der Waals surface area contributed by atoms with E-state index in [1.165, 1.54) is 19.4 Å². The van der Waals surface area contributed by atoms with Gasteiger partial charge in [0.15, 0.2) is 11.6 Å². The highest BCUT2D eigenvalue weighted by Crippen LogP contribution is 2.29. The number of ether oxygens (including phenoxy) is 2. The number of pyridine rings is 1. The van der Waals surface area contributed by atoms with E-state index < -0.39 is 17.5 Å². The van der Waals surface area contributed by atoms with Gasteiger partial charge in [0.2, 0.25) is 5.88 Å². The van der Waals surface area contributed by atoms with Gasteiger partial charge in [0.1, 0.15) is 6.10 Å². The molecule has 1 aliphatic carbocycles. The summed E-state index contributed by atoms with van der Waals surface area (Å²) in [5.41, 5.74) is 0.564. The van der Waals surface area contributed by atoms with Crippen LogP contribution in [0.15, 0.2) is 40.9 Å². The molecule has 0 spiro atoms. The van der Waals surface area contributed by atoms with Gasteiger partial charge in [0.05, 0.1) is 19.0 Å². The Hall–Kier alpha value is -4.09. The second-order valence-corrected chi connectivity index (χ2v) is 8.05. The Morgan fingerprint density at radius 3 is 2.51 bits per heavy atom. The molecule has 12 heteroatoms. The van der Waals surface area contributed by atoms with E-state index in [2.05, 4.69) is 25.8 Å². The van der Waals surface area contributed by atoms with E-state index in [9.17, 15) is 18.4 Å². The Bertz CT molecular complexity index is 1180. The van der Waals surface area contributed by atoms with Crippen molar-refractivity contribution in [1.82, 2.24) is 15.2 Å². The number of amides is 1. The molecule has 1 fully saturated rings. The number of anilines is 3. The first-order valence-electron chi connectivity index (χ1n) is 11.0. The van der Waals surface area contributed by atoms with Crippen molar-refractivity contribution in [1.29, 1.82) is 0 Å². The van der Waals surface area contributed by atoms with E-state index >= 15 is 0 Å². The lowest BCUT2D eigenvalue weighted by molar-refractivity contribution is -0.142. The molecule has 1 aromatic carbocycles. The van der Waals surface area contributed by atoms with Crippen LogP contribution in [-0.2, 0) is 9.53 Å². The smallest absolute Gasteiger partial charge is 0.320 e. The van der Waals surface area contributed by atoms with E-state index in [-0.39, 0.29) is 29.7 Å². The van der Waals surface area contributed by atoms with E-state index in [4.69, 9.17) is 13.9 Å². The topological polar surface area (TPSA) is 128 Å². The van der Waals surface area contributed by atoms with Crippen LogP contribution in [0.4, 0.5) is 26.2 Å². The lowest BCUT2D eigenvalue weighted by Crippen LogP contribution is -2.25. The molecular weight excluding hydrogens is 464 g/mol. The van der Waals surface area contributed by atoms with Crippen molar-refractivity contribution in [2.75, 3.05) is 17.7 Å². The first-order chi connectivity index (χ1) is 16.9. The van der Waals surface area contributed by atoms with Gasteiger partial charge in [-0.3, -0.25) is 9.59 Å². The van der Waals surface area contributed by atoms with Crippen molar-refractivity contribution in [2.45, 2.75) is 38.2 Å². The van der Waals surface area contributed by atoms with Crippen LogP contribution in [0.1, 0.15) is 42.8 Å². The molecule has 4 rings (SSSR count). The van der Waals surface area contributed by atoms with Gasteiger partial charge in [-0.1, -0.05) is 5.10 Å². The molecule has 1 saturated carbocycles. The van der Waals surface area contributed by atoms with Gasteiger partial charge < -0.3 is 24.5 Å². The molecule has 0 bridgehead atoms. The minimum Gasteiger partial charge on any atom is -0.474 e. The van der Waals surface area contributed by atoms with E-state index in [1.807, 2.05) is 0 Å². The van der Waals surface area contributed by atoms with Crippen LogP contribution < -0.4 is 15.4 Å². The van der Waals surface area contributed by atoms with Crippen LogP contribution in [0.25, 0.3) is 0 Å². The summed E-state index contributed by atoms with van der Waals surface area (Å²) in [5, 5.41) is 12.5. The van der Waals surface area contributed by atoms with Gasteiger partial charge in [-0.25, -0.2) is 13.8 Å². The Labute approximate surface area is 199 Å². The van der Waals surface area contributed by atoms with E-state index in [0.29, 0.717) is 23.9 Å².